The van der Waals surface area contributed by atoms with Gasteiger partial charge in [0.15, 0.2) is 0 Å². The van der Waals surface area contributed by atoms with Crippen LogP contribution in [0.25, 0.3) is 17.8 Å². The van der Waals surface area contributed by atoms with Crippen molar-refractivity contribution >= 4 is 29.4 Å². The minimum atomic E-state index is -0.225. The van der Waals surface area contributed by atoms with Crippen molar-refractivity contribution in [2.24, 2.45) is 15.2 Å². The number of amides is 1. The van der Waals surface area contributed by atoms with Crippen LogP contribution in [0.5, 0.6) is 0 Å². The number of fused-ring (bicyclic) bond motifs is 3. The van der Waals surface area contributed by atoms with Crippen molar-refractivity contribution in [1.29, 1.82) is 0 Å². The summed E-state index contributed by atoms with van der Waals surface area (Å²) in [6.45, 7) is 0. The van der Waals surface area contributed by atoms with Gasteiger partial charge in [-0.05, 0) is 17.7 Å². The molecule has 2 heterocycles. The molecule has 0 saturated carbocycles. The smallest absolute Gasteiger partial charge is 0.267 e. The molecule has 4 rings (SSSR count). The molecule has 0 fully saturated rings. The number of rotatable bonds is 1. The van der Waals surface area contributed by atoms with Crippen LogP contribution in [0, 0.1) is 0 Å². The average molecular weight is 259 g/mol. The minimum Gasteiger partial charge on any atom is -0.267 e. The van der Waals surface area contributed by atoms with E-state index in [0.29, 0.717) is 10.9 Å². The normalized spacial score (nSPS) is 15.0. The molecule has 0 unspecified atom stereocenters. The van der Waals surface area contributed by atoms with Crippen molar-refractivity contribution < 1.29 is 4.79 Å². The maximum absolute atomic E-state index is 12.2. The van der Waals surface area contributed by atoms with Gasteiger partial charge in [0, 0.05) is 16.4 Å². The zero-order valence-electron chi connectivity index (χ0n) is 10.4. The van der Waals surface area contributed by atoms with Crippen LogP contribution in [0.4, 0.5) is 5.69 Å². The second-order valence-corrected chi connectivity index (χ2v) is 4.62. The molecule has 1 amide bonds. The lowest BCUT2D eigenvalue weighted by Crippen LogP contribution is -2.30. The van der Waals surface area contributed by atoms with Gasteiger partial charge in [0.25, 0.3) is 5.91 Å². The Balaban J connectivity index is 1.97. The second-order valence-electron chi connectivity index (χ2n) is 4.62. The van der Waals surface area contributed by atoms with E-state index in [-0.39, 0.29) is 5.91 Å². The van der Waals surface area contributed by atoms with Crippen LogP contribution in [0.3, 0.4) is 0 Å². The molecule has 2 aromatic carbocycles. The Morgan fingerprint density at radius 1 is 0.950 bits per heavy atom. The molecule has 0 bridgehead atoms. The first-order chi connectivity index (χ1) is 9.83. The maximum atomic E-state index is 12.2. The summed E-state index contributed by atoms with van der Waals surface area (Å²) in [5, 5.41) is 9.34. The zero-order chi connectivity index (χ0) is 13.5. The average Bonchev–Trinajstić information content (AvgIpc) is 2.96. The van der Waals surface area contributed by atoms with Crippen molar-refractivity contribution in [3.05, 3.63) is 64.2 Å². The Kier molecular flexibility index (Phi) is 2.23. The molecule has 20 heavy (non-hydrogen) atoms. The summed E-state index contributed by atoms with van der Waals surface area (Å²) < 4.78 is 0. The molecule has 0 N–H and O–H groups in total. The van der Waals surface area contributed by atoms with E-state index in [4.69, 9.17) is 0 Å². The largest absolute Gasteiger partial charge is 0.278 e. The summed E-state index contributed by atoms with van der Waals surface area (Å²) in [4.78, 5) is 16.5. The van der Waals surface area contributed by atoms with Gasteiger partial charge in [-0.2, -0.15) is 10.2 Å². The zero-order valence-corrected chi connectivity index (χ0v) is 10.4. The second kappa shape index (κ2) is 4.06. The first-order valence-electron chi connectivity index (χ1n) is 6.27. The van der Waals surface area contributed by atoms with Crippen molar-refractivity contribution in [2.75, 3.05) is 0 Å². The number of carbonyl (C=O) groups excluding carboxylic acids is 1. The molecule has 2 aromatic rings. The highest BCUT2D eigenvalue weighted by atomic mass is 16.1. The predicted molar refractivity (Wildman–Crippen MR) is 75.5 cm³/mol. The van der Waals surface area contributed by atoms with E-state index in [1.807, 2.05) is 48.5 Å². The van der Waals surface area contributed by atoms with Crippen LogP contribution in [-0.4, -0.2) is 5.91 Å². The van der Waals surface area contributed by atoms with Crippen molar-refractivity contribution in [3.8, 4) is 0 Å². The third kappa shape index (κ3) is 1.55. The van der Waals surface area contributed by atoms with E-state index in [9.17, 15) is 4.79 Å². The molecule has 0 spiro atoms. The molecule has 0 aliphatic carbocycles. The third-order valence-corrected chi connectivity index (χ3v) is 3.41. The summed E-state index contributed by atoms with van der Waals surface area (Å²) in [7, 11) is 0. The van der Waals surface area contributed by atoms with E-state index >= 15 is 0 Å². The van der Waals surface area contributed by atoms with Crippen molar-refractivity contribution in [2.45, 2.75) is 0 Å². The summed E-state index contributed by atoms with van der Waals surface area (Å²) in [5.74, 6) is -0.225. The van der Waals surface area contributed by atoms with Gasteiger partial charge < -0.3 is 0 Å². The van der Waals surface area contributed by atoms with Crippen LogP contribution in [-0.2, 0) is 4.79 Å². The predicted octanol–water partition coefficient (Wildman–Crippen LogP) is 2.22. The lowest BCUT2D eigenvalue weighted by atomic mass is 9.99. The van der Waals surface area contributed by atoms with Crippen molar-refractivity contribution in [3.63, 3.8) is 0 Å². The number of benzene rings is 2. The summed E-state index contributed by atoms with van der Waals surface area (Å²) in [6.07, 6.45) is 3.53. The van der Waals surface area contributed by atoms with E-state index in [0.717, 1.165) is 22.0 Å². The Hall–Kier alpha value is -2.88. The number of carbonyl (C=O) groups is 1. The third-order valence-electron chi connectivity index (χ3n) is 3.41. The Bertz CT molecular complexity index is 909. The SMILES string of the molecule is O=C1N=c2c(ccc3c2=CN=N3)C=C1c1ccccc1. The summed E-state index contributed by atoms with van der Waals surface area (Å²) >= 11 is 0. The molecule has 2 aliphatic heterocycles. The molecule has 0 aromatic heterocycles. The Morgan fingerprint density at radius 2 is 1.80 bits per heavy atom. The lowest BCUT2D eigenvalue weighted by Gasteiger charge is -2.09. The highest BCUT2D eigenvalue weighted by Crippen LogP contribution is 2.21. The Labute approximate surface area is 114 Å². The fraction of sp³-hybridized carbons (Fsp3) is 0. The van der Waals surface area contributed by atoms with Gasteiger partial charge in [-0.1, -0.05) is 36.4 Å². The molecular weight excluding hydrogens is 250 g/mol. The van der Waals surface area contributed by atoms with E-state index in [2.05, 4.69) is 15.2 Å². The number of azo groups is 1. The van der Waals surface area contributed by atoms with Gasteiger partial charge >= 0.3 is 0 Å². The molecule has 94 valence electrons. The fourth-order valence-electron chi connectivity index (χ4n) is 2.42. The highest BCUT2D eigenvalue weighted by molar-refractivity contribution is 6.25. The van der Waals surface area contributed by atoms with Crippen LogP contribution in [0.1, 0.15) is 11.1 Å². The summed E-state index contributed by atoms with van der Waals surface area (Å²) in [6, 6.07) is 13.4. The van der Waals surface area contributed by atoms with Crippen molar-refractivity contribution in [1.82, 2.24) is 0 Å². The highest BCUT2D eigenvalue weighted by Gasteiger charge is 2.17. The van der Waals surface area contributed by atoms with Crippen LogP contribution in [0.15, 0.2) is 57.7 Å². The molecule has 4 nitrogen and oxygen atoms in total. The quantitative estimate of drug-likeness (QED) is 0.774. The fourth-order valence-corrected chi connectivity index (χ4v) is 2.42. The maximum Gasteiger partial charge on any atom is 0.278 e. The van der Waals surface area contributed by atoms with Gasteiger partial charge in [0.2, 0.25) is 0 Å². The number of hydrogen-bond donors (Lipinski definition) is 0. The van der Waals surface area contributed by atoms with Crippen LogP contribution >= 0.6 is 0 Å². The number of hydrogen-bond acceptors (Lipinski definition) is 3. The van der Waals surface area contributed by atoms with Gasteiger partial charge in [-0.3, -0.25) is 4.79 Å². The van der Waals surface area contributed by atoms with E-state index < -0.39 is 0 Å². The molecule has 0 radical (unpaired) electrons. The topological polar surface area (TPSA) is 54.1 Å². The molecule has 4 heteroatoms. The molecule has 2 aliphatic rings. The summed E-state index contributed by atoms with van der Waals surface area (Å²) in [5.41, 5.74) is 3.18. The first-order valence-corrected chi connectivity index (χ1v) is 6.27. The lowest BCUT2D eigenvalue weighted by molar-refractivity contribution is -0.112. The van der Waals surface area contributed by atoms with E-state index in [1.165, 1.54) is 0 Å². The first kappa shape index (κ1) is 11.0. The van der Waals surface area contributed by atoms with Crippen LogP contribution in [0.2, 0.25) is 0 Å². The molecule has 0 saturated heterocycles. The van der Waals surface area contributed by atoms with Gasteiger partial charge in [0.1, 0.15) is 0 Å². The Morgan fingerprint density at radius 3 is 2.65 bits per heavy atom. The standard InChI is InChI=1S/C16H9N3O/c20-16-12(10-4-2-1-3-5-10)8-11-6-7-14-13(9-17-19-14)15(11)18-16/h1-9H. The molecular formula is C16H9N3O. The van der Waals surface area contributed by atoms with Gasteiger partial charge in [-0.25, -0.2) is 4.99 Å². The number of nitrogens with zero attached hydrogens (tertiary/aromatic N) is 3. The minimum absolute atomic E-state index is 0.225. The monoisotopic (exact) mass is 259 g/mol. The van der Waals surface area contributed by atoms with Gasteiger partial charge in [0.05, 0.1) is 17.2 Å². The molecule has 0 atom stereocenters. The van der Waals surface area contributed by atoms with Gasteiger partial charge in [-0.15, -0.1) is 0 Å². The van der Waals surface area contributed by atoms with Crippen LogP contribution < -0.4 is 10.6 Å². The van der Waals surface area contributed by atoms with E-state index in [1.54, 1.807) is 6.20 Å².